The van der Waals surface area contributed by atoms with Gasteiger partial charge in [-0.25, -0.2) is 0 Å². The number of rotatable bonds is 4. The number of fused-ring (bicyclic) bond motifs is 1. The molecule has 1 aliphatic carbocycles. The van der Waals surface area contributed by atoms with Gasteiger partial charge in [0.1, 0.15) is 5.58 Å². The molecule has 1 aliphatic rings. The first-order chi connectivity index (χ1) is 11.2. The van der Waals surface area contributed by atoms with E-state index in [4.69, 9.17) is 4.42 Å². The van der Waals surface area contributed by atoms with Gasteiger partial charge in [-0.3, -0.25) is 9.78 Å². The average molecular weight is 306 g/mol. The number of carbonyl (C=O) groups is 1. The van der Waals surface area contributed by atoms with E-state index in [9.17, 15) is 4.79 Å². The lowest BCUT2D eigenvalue weighted by atomic mass is 10.1. The number of amides is 1. The van der Waals surface area contributed by atoms with E-state index < -0.39 is 0 Å². The third-order valence-electron chi connectivity index (χ3n) is 4.39. The van der Waals surface area contributed by atoms with Crippen LogP contribution in [-0.4, -0.2) is 21.8 Å². The first-order valence-electron chi connectivity index (χ1n) is 7.92. The van der Waals surface area contributed by atoms with Crippen molar-refractivity contribution in [3.8, 4) is 0 Å². The van der Waals surface area contributed by atoms with Crippen LogP contribution in [0.2, 0.25) is 0 Å². The molecule has 0 bridgehead atoms. The van der Waals surface area contributed by atoms with E-state index in [0.29, 0.717) is 18.3 Å². The Labute approximate surface area is 134 Å². The topological polar surface area (TPSA) is 46.3 Å². The molecular formula is C19H18N2O2. The number of carbonyl (C=O) groups excluding carboxylic acids is 1. The zero-order valence-electron chi connectivity index (χ0n) is 13.0. The summed E-state index contributed by atoms with van der Waals surface area (Å²) < 4.78 is 5.85. The molecule has 0 spiro atoms. The Bertz CT molecular complexity index is 850. The van der Waals surface area contributed by atoms with Gasteiger partial charge in [-0.1, -0.05) is 18.2 Å². The second-order valence-electron chi connectivity index (χ2n) is 6.07. The van der Waals surface area contributed by atoms with Gasteiger partial charge >= 0.3 is 0 Å². The normalized spacial score (nSPS) is 14.1. The number of nitrogens with zero attached hydrogens (tertiary/aromatic N) is 2. The molecule has 4 nitrogen and oxygen atoms in total. The van der Waals surface area contributed by atoms with Gasteiger partial charge in [-0.05, 0) is 43.5 Å². The van der Waals surface area contributed by atoms with Crippen LogP contribution in [0, 0.1) is 6.92 Å². The maximum Gasteiger partial charge on any atom is 0.290 e. The van der Waals surface area contributed by atoms with Gasteiger partial charge in [0.15, 0.2) is 5.76 Å². The molecule has 0 N–H and O–H groups in total. The van der Waals surface area contributed by atoms with Crippen molar-refractivity contribution in [2.24, 2.45) is 0 Å². The number of para-hydroxylation sites is 1. The molecule has 0 radical (unpaired) electrons. The Morgan fingerprint density at radius 2 is 1.96 bits per heavy atom. The molecule has 0 atom stereocenters. The number of benzene rings is 1. The highest BCUT2D eigenvalue weighted by Crippen LogP contribution is 2.32. The van der Waals surface area contributed by atoms with Crippen molar-refractivity contribution in [1.29, 1.82) is 0 Å². The van der Waals surface area contributed by atoms with Crippen molar-refractivity contribution < 1.29 is 9.21 Å². The molecule has 0 saturated heterocycles. The van der Waals surface area contributed by atoms with Gasteiger partial charge in [0.2, 0.25) is 0 Å². The fourth-order valence-corrected chi connectivity index (χ4v) is 2.95. The van der Waals surface area contributed by atoms with E-state index in [1.165, 1.54) is 0 Å². The molecule has 23 heavy (non-hydrogen) atoms. The van der Waals surface area contributed by atoms with Gasteiger partial charge < -0.3 is 9.32 Å². The summed E-state index contributed by atoms with van der Waals surface area (Å²) in [4.78, 5) is 19.0. The second-order valence-corrected chi connectivity index (χ2v) is 6.07. The molecule has 3 aromatic rings. The van der Waals surface area contributed by atoms with Gasteiger partial charge in [0.25, 0.3) is 5.91 Å². The summed E-state index contributed by atoms with van der Waals surface area (Å²) in [5.41, 5.74) is 2.79. The Hall–Kier alpha value is -2.62. The molecule has 1 saturated carbocycles. The van der Waals surface area contributed by atoms with Crippen molar-refractivity contribution >= 4 is 16.9 Å². The number of aryl methyl sites for hydroxylation is 1. The number of furan rings is 1. The van der Waals surface area contributed by atoms with E-state index in [2.05, 4.69) is 4.98 Å². The Balaban J connectivity index is 1.68. The van der Waals surface area contributed by atoms with Crippen LogP contribution in [0.4, 0.5) is 0 Å². The Morgan fingerprint density at radius 3 is 2.65 bits per heavy atom. The molecule has 1 fully saturated rings. The molecule has 2 aromatic heterocycles. The van der Waals surface area contributed by atoms with Crippen molar-refractivity contribution in [1.82, 2.24) is 9.88 Å². The molecule has 0 aliphatic heterocycles. The number of aromatic nitrogens is 1. The smallest absolute Gasteiger partial charge is 0.290 e. The molecule has 1 aromatic carbocycles. The van der Waals surface area contributed by atoms with Crippen LogP contribution < -0.4 is 0 Å². The Kier molecular flexibility index (Phi) is 3.37. The lowest BCUT2D eigenvalue weighted by molar-refractivity contribution is 0.0699. The van der Waals surface area contributed by atoms with E-state index in [1.807, 2.05) is 48.2 Å². The second kappa shape index (κ2) is 5.54. The van der Waals surface area contributed by atoms with Crippen LogP contribution in [0.3, 0.4) is 0 Å². The summed E-state index contributed by atoms with van der Waals surface area (Å²) in [5.74, 6) is 0.449. The lowest BCUT2D eigenvalue weighted by Crippen LogP contribution is -2.32. The van der Waals surface area contributed by atoms with E-state index >= 15 is 0 Å². The zero-order valence-corrected chi connectivity index (χ0v) is 13.0. The summed E-state index contributed by atoms with van der Waals surface area (Å²) in [5, 5.41) is 1.01. The van der Waals surface area contributed by atoms with Gasteiger partial charge in [0.05, 0.1) is 0 Å². The van der Waals surface area contributed by atoms with Crippen molar-refractivity contribution in [2.45, 2.75) is 32.4 Å². The van der Waals surface area contributed by atoms with Crippen molar-refractivity contribution in [3.05, 3.63) is 65.7 Å². The first-order valence-corrected chi connectivity index (χ1v) is 7.92. The fourth-order valence-electron chi connectivity index (χ4n) is 2.95. The van der Waals surface area contributed by atoms with Crippen LogP contribution in [0.25, 0.3) is 11.0 Å². The first kappa shape index (κ1) is 14.0. The van der Waals surface area contributed by atoms with E-state index in [1.54, 1.807) is 12.4 Å². The molecule has 4 heteroatoms. The summed E-state index contributed by atoms with van der Waals surface area (Å²) in [7, 11) is 0. The zero-order chi connectivity index (χ0) is 15.8. The third-order valence-corrected chi connectivity index (χ3v) is 4.39. The number of hydrogen-bond donors (Lipinski definition) is 0. The van der Waals surface area contributed by atoms with E-state index in [-0.39, 0.29) is 5.91 Å². The summed E-state index contributed by atoms with van der Waals surface area (Å²) in [6, 6.07) is 12.0. The maximum absolute atomic E-state index is 13.0. The maximum atomic E-state index is 13.0. The van der Waals surface area contributed by atoms with Crippen LogP contribution in [-0.2, 0) is 6.54 Å². The minimum atomic E-state index is -0.0157. The standard InChI is InChI=1S/C19H18N2O2/c1-13-16-4-2-3-5-17(16)23-18(13)19(22)21(15-6-7-15)12-14-8-10-20-11-9-14/h2-5,8-11,15H,6-7,12H2,1H3. The van der Waals surface area contributed by atoms with Crippen LogP contribution >= 0.6 is 0 Å². The number of hydrogen-bond acceptors (Lipinski definition) is 3. The minimum absolute atomic E-state index is 0.0157. The van der Waals surface area contributed by atoms with Gasteiger partial charge in [-0.2, -0.15) is 0 Å². The van der Waals surface area contributed by atoms with Crippen LogP contribution in [0.1, 0.15) is 34.5 Å². The highest BCUT2D eigenvalue weighted by atomic mass is 16.3. The summed E-state index contributed by atoms with van der Waals surface area (Å²) in [6.45, 7) is 2.55. The summed E-state index contributed by atoms with van der Waals surface area (Å²) >= 11 is 0. The highest BCUT2D eigenvalue weighted by molar-refractivity contribution is 5.99. The fraction of sp³-hybridized carbons (Fsp3) is 0.263. The molecular weight excluding hydrogens is 288 g/mol. The molecule has 0 unspecified atom stereocenters. The van der Waals surface area contributed by atoms with Gasteiger partial charge in [-0.15, -0.1) is 0 Å². The van der Waals surface area contributed by atoms with Gasteiger partial charge in [0, 0.05) is 35.9 Å². The minimum Gasteiger partial charge on any atom is -0.451 e. The lowest BCUT2D eigenvalue weighted by Gasteiger charge is -2.21. The molecule has 2 heterocycles. The van der Waals surface area contributed by atoms with E-state index in [0.717, 1.165) is 34.9 Å². The molecule has 116 valence electrons. The third kappa shape index (κ3) is 2.61. The quantitative estimate of drug-likeness (QED) is 0.733. The Morgan fingerprint density at radius 1 is 1.22 bits per heavy atom. The highest BCUT2D eigenvalue weighted by Gasteiger charge is 2.35. The molecule has 4 rings (SSSR count). The predicted molar refractivity (Wildman–Crippen MR) is 88.1 cm³/mol. The van der Waals surface area contributed by atoms with Crippen LogP contribution in [0.5, 0.6) is 0 Å². The van der Waals surface area contributed by atoms with Crippen molar-refractivity contribution in [3.63, 3.8) is 0 Å². The number of pyridine rings is 1. The van der Waals surface area contributed by atoms with Crippen LogP contribution in [0.15, 0.2) is 53.2 Å². The monoisotopic (exact) mass is 306 g/mol. The van der Waals surface area contributed by atoms with Crippen molar-refractivity contribution in [2.75, 3.05) is 0 Å². The SMILES string of the molecule is Cc1c(C(=O)N(Cc2ccncc2)C2CC2)oc2ccccc12. The predicted octanol–water partition coefficient (Wildman–Crippen LogP) is 3.94. The largest absolute Gasteiger partial charge is 0.451 e. The summed E-state index contributed by atoms with van der Waals surface area (Å²) in [6.07, 6.45) is 5.65. The molecule has 1 amide bonds. The average Bonchev–Trinajstić information content (AvgIpc) is 3.37.